The van der Waals surface area contributed by atoms with Crippen molar-refractivity contribution in [3.8, 4) is 5.75 Å². The second kappa shape index (κ2) is 7.17. The Balaban J connectivity index is 2.31. The maximum absolute atomic E-state index is 12.2. The van der Waals surface area contributed by atoms with Crippen molar-refractivity contribution in [2.45, 2.75) is 20.0 Å². The van der Waals surface area contributed by atoms with Gasteiger partial charge in [0.05, 0.1) is 19.2 Å². The van der Waals surface area contributed by atoms with Crippen LogP contribution in [0.15, 0.2) is 24.3 Å². The van der Waals surface area contributed by atoms with E-state index in [9.17, 15) is 8.78 Å². The van der Waals surface area contributed by atoms with E-state index in [4.69, 9.17) is 9.47 Å². The molecule has 0 radical (unpaired) electrons. The summed E-state index contributed by atoms with van der Waals surface area (Å²) in [7, 11) is 1.60. The van der Waals surface area contributed by atoms with Crippen molar-refractivity contribution >= 4 is 16.7 Å². The minimum Gasteiger partial charge on any atom is -0.497 e. The molecule has 1 heterocycles. The van der Waals surface area contributed by atoms with Gasteiger partial charge in [-0.15, -0.1) is 0 Å². The lowest BCUT2D eigenvalue weighted by molar-refractivity contribution is 0.0100. The van der Waals surface area contributed by atoms with Crippen LogP contribution in [0.1, 0.15) is 12.5 Å². The first-order valence-corrected chi connectivity index (χ1v) is 6.71. The topological polar surface area (TPSA) is 43.4 Å². The monoisotopic (exact) mass is 296 g/mol. The van der Waals surface area contributed by atoms with Gasteiger partial charge in [0.2, 0.25) is 0 Å². The summed E-state index contributed by atoms with van der Waals surface area (Å²) in [6.07, 6.45) is -2.47. The van der Waals surface area contributed by atoms with E-state index in [1.165, 1.54) is 0 Å². The Hall–Kier alpha value is -1.95. The molecule has 0 aliphatic carbocycles. The highest BCUT2D eigenvalue weighted by Crippen LogP contribution is 2.24. The predicted octanol–water partition coefficient (Wildman–Crippen LogP) is 3.46. The molecule has 1 N–H and O–H groups in total. The van der Waals surface area contributed by atoms with Crippen molar-refractivity contribution in [3.63, 3.8) is 0 Å². The number of alkyl halides is 2. The largest absolute Gasteiger partial charge is 0.497 e. The van der Waals surface area contributed by atoms with Crippen LogP contribution in [0.5, 0.6) is 5.75 Å². The lowest BCUT2D eigenvalue weighted by atomic mass is 10.1. The number of hydrogen-bond acceptors (Lipinski definition) is 4. The molecular formula is C15H18F2N2O2. The molecule has 0 atom stereocenters. The molecule has 0 fully saturated rings. The van der Waals surface area contributed by atoms with Crippen molar-refractivity contribution in [1.82, 2.24) is 4.98 Å². The SMILES string of the molecule is CCNc1nc2cc(OC)ccc2cc1COCC(F)F. The molecule has 0 aliphatic heterocycles. The van der Waals surface area contributed by atoms with Crippen LogP contribution in [-0.4, -0.2) is 31.7 Å². The molecule has 0 aliphatic rings. The van der Waals surface area contributed by atoms with Crippen molar-refractivity contribution < 1.29 is 18.3 Å². The molecule has 4 nitrogen and oxygen atoms in total. The van der Waals surface area contributed by atoms with Gasteiger partial charge in [-0.05, 0) is 25.1 Å². The molecule has 0 saturated carbocycles. The van der Waals surface area contributed by atoms with Crippen LogP contribution in [0.3, 0.4) is 0 Å². The Morgan fingerprint density at radius 2 is 2.10 bits per heavy atom. The van der Waals surface area contributed by atoms with E-state index in [2.05, 4.69) is 10.3 Å². The summed E-state index contributed by atoms with van der Waals surface area (Å²) in [6, 6.07) is 7.44. The normalized spacial score (nSPS) is 11.1. The Labute approximate surface area is 122 Å². The quantitative estimate of drug-likeness (QED) is 0.850. The molecule has 0 spiro atoms. The van der Waals surface area contributed by atoms with Crippen LogP contribution in [0.25, 0.3) is 10.9 Å². The Kier molecular flexibility index (Phi) is 5.27. The third-order valence-corrected chi connectivity index (χ3v) is 2.95. The van der Waals surface area contributed by atoms with E-state index in [1.807, 2.05) is 31.2 Å². The smallest absolute Gasteiger partial charge is 0.261 e. The number of rotatable bonds is 7. The van der Waals surface area contributed by atoms with Crippen LogP contribution in [-0.2, 0) is 11.3 Å². The van der Waals surface area contributed by atoms with Gasteiger partial charge >= 0.3 is 0 Å². The number of benzene rings is 1. The zero-order valence-electron chi connectivity index (χ0n) is 12.0. The zero-order valence-corrected chi connectivity index (χ0v) is 12.0. The van der Waals surface area contributed by atoms with Gasteiger partial charge in [0.25, 0.3) is 6.43 Å². The number of pyridine rings is 1. The minimum absolute atomic E-state index is 0.0989. The van der Waals surface area contributed by atoms with E-state index in [-0.39, 0.29) is 6.61 Å². The van der Waals surface area contributed by atoms with Gasteiger partial charge in [-0.3, -0.25) is 0 Å². The van der Waals surface area contributed by atoms with Crippen LogP contribution in [0, 0.1) is 0 Å². The highest BCUT2D eigenvalue weighted by molar-refractivity contribution is 5.83. The molecule has 2 rings (SSSR count). The molecule has 1 aromatic heterocycles. The zero-order chi connectivity index (χ0) is 15.2. The molecule has 1 aromatic carbocycles. The van der Waals surface area contributed by atoms with E-state index >= 15 is 0 Å². The standard InChI is InChI=1S/C15H18F2N2O2/c1-3-18-15-11(8-21-9-14(16)17)6-10-4-5-12(20-2)7-13(10)19-15/h4-7,14H,3,8-9H2,1-2H3,(H,18,19). The van der Waals surface area contributed by atoms with Crippen LogP contribution < -0.4 is 10.1 Å². The van der Waals surface area contributed by atoms with E-state index in [1.54, 1.807) is 7.11 Å². The van der Waals surface area contributed by atoms with Gasteiger partial charge in [0, 0.05) is 23.6 Å². The summed E-state index contributed by atoms with van der Waals surface area (Å²) in [6.45, 7) is 2.15. The fourth-order valence-corrected chi connectivity index (χ4v) is 2.01. The number of halogens is 2. The first-order chi connectivity index (χ1) is 10.1. The number of hydrogen-bond donors (Lipinski definition) is 1. The van der Waals surface area contributed by atoms with E-state index < -0.39 is 13.0 Å². The molecule has 0 unspecified atom stereocenters. The predicted molar refractivity (Wildman–Crippen MR) is 78.1 cm³/mol. The summed E-state index contributed by atoms with van der Waals surface area (Å²) in [5.41, 5.74) is 1.54. The van der Waals surface area contributed by atoms with Crippen molar-refractivity contribution in [2.75, 3.05) is 25.6 Å². The number of methoxy groups -OCH3 is 1. The van der Waals surface area contributed by atoms with Gasteiger partial charge in [-0.25, -0.2) is 13.8 Å². The maximum Gasteiger partial charge on any atom is 0.261 e. The Bertz CT molecular complexity index is 605. The summed E-state index contributed by atoms with van der Waals surface area (Å²) in [5.74, 6) is 1.37. The van der Waals surface area contributed by atoms with Gasteiger partial charge < -0.3 is 14.8 Å². The van der Waals surface area contributed by atoms with Crippen molar-refractivity contribution in [2.24, 2.45) is 0 Å². The molecule has 114 valence electrons. The molecule has 2 aromatic rings. The number of fused-ring (bicyclic) bond motifs is 1. The van der Waals surface area contributed by atoms with Gasteiger partial charge in [-0.2, -0.15) is 0 Å². The first-order valence-electron chi connectivity index (χ1n) is 6.71. The lowest BCUT2D eigenvalue weighted by Gasteiger charge is -2.12. The number of nitrogens with one attached hydrogen (secondary N) is 1. The summed E-state index contributed by atoms with van der Waals surface area (Å²) >= 11 is 0. The number of anilines is 1. The average molecular weight is 296 g/mol. The third kappa shape index (κ3) is 4.01. The Morgan fingerprint density at radius 1 is 1.29 bits per heavy atom. The third-order valence-electron chi connectivity index (χ3n) is 2.95. The molecule has 0 bridgehead atoms. The van der Waals surface area contributed by atoms with Gasteiger partial charge in [0.1, 0.15) is 18.2 Å². The number of ether oxygens (including phenoxy) is 2. The molecule has 21 heavy (non-hydrogen) atoms. The van der Waals surface area contributed by atoms with Crippen LogP contribution >= 0.6 is 0 Å². The fourth-order valence-electron chi connectivity index (χ4n) is 2.01. The average Bonchev–Trinajstić information content (AvgIpc) is 2.47. The number of nitrogens with zero attached hydrogens (tertiary/aromatic N) is 1. The molecule has 0 amide bonds. The number of aromatic nitrogens is 1. The van der Waals surface area contributed by atoms with Crippen LogP contribution in [0.2, 0.25) is 0 Å². The first kappa shape index (κ1) is 15.4. The molecule has 6 heteroatoms. The second-order valence-corrected chi connectivity index (χ2v) is 4.49. The fraction of sp³-hybridized carbons (Fsp3) is 0.400. The molecular weight excluding hydrogens is 278 g/mol. The van der Waals surface area contributed by atoms with Crippen molar-refractivity contribution in [1.29, 1.82) is 0 Å². The van der Waals surface area contributed by atoms with E-state index in [0.29, 0.717) is 12.4 Å². The van der Waals surface area contributed by atoms with Crippen LogP contribution in [0.4, 0.5) is 14.6 Å². The lowest BCUT2D eigenvalue weighted by Crippen LogP contribution is -2.08. The second-order valence-electron chi connectivity index (χ2n) is 4.49. The van der Waals surface area contributed by atoms with Gasteiger partial charge in [0.15, 0.2) is 0 Å². The highest BCUT2D eigenvalue weighted by atomic mass is 19.3. The molecule has 0 saturated heterocycles. The Morgan fingerprint density at radius 3 is 2.76 bits per heavy atom. The summed E-state index contributed by atoms with van der Waals surface area (Å²) < 4.78 is 34.5. The van der Waals surface area contributed by atoms with Gasteiger partial charge in [-0.1, -0.05) is 0 Å². The summed E-state index contributed by atoms with van der Waals surface area (Å²) in [5, 5.41) is 4.03. The minimum atomic E-state index is -2.47. The van der Waals surface area contributed by atoms with E-state index in [0.717, 1.165) is 22.2 Å². The maximum atomic E-state index is 12.2. The summed E-state index contributed by atoms with van der Waals surface area (Å²) in [4.78, 5) is 4.51. The highest BCUT2D eigenvalue weighted by Gasteiger charge is 2.09. The van der Waals surface area contributed by atoms with Crippen molar-refractivity contribution in [3.05, 3.63) is 29.8 Å².